The molecule has 1 atom stereocenters. The highest BCUT2D eigenvalue weighted by molar-refractivity contribution is 5.25. The molecule has 1 aromatic heterocycles. The fraction of sp³-hybridized carbons (Fsp3) is 0.688. The van der Waals surface area contributed by atoms with Crippen molar-refractivity contribution in [1.82, 2.24) is 10.3 Å². The maximum absolute atomic E-state index is 5.25. The lowest BCUT2D eigenvalue weighted by Crippen LogP contribution is -2.21. The van der Waals surface area contributed by atoms with Gasteiger partial charge in [-0.25, -0.2) is 0 Å². The molecule has 1 unspecified atom stereocenters. The molecule has 3 heteroatoms. The molecule has 0 amide bonds. The van der Waals surface area contributed by atoms with E-state index in [-0.39, 0.29) is 0 Å². The van der Waals surface area contributed by atoms with Gasteiger partial charge in [0, 0.05) is 12.2 Å². The van der Waals surface area contributed by atoms with Gasteiger partial charge in [0.15, 0.2) is 0 Å². The minimum Gasteiger partial charge on any atom is -0.495 e. The Balaban J connectivity index is 2.50. The molecule has 0 aliphatic heterocycles. The van der Waals surface area contributed by atoms with E-state index >= 15 is 0 Å². The van der Waals surface area contributed by atoms with Crippen molar-refractivity contribution in [2.45, 2.75) is 58.4 Å². The summed E-state index contributed by atoms with van der Waals surface area (Å²) < 4.78 is 5.25. The van der Waals surface area contributed by atoms with Crippen molar-refractivity contribution in [3.8, 4) is 5.75 Å². The first-order valence-electron chi connectivity index (χ1n) is 7.54. The number of rotatable bonds is 10. The van der Waals surface area contributed by atoms with E-state index in [2.05, 4.69) is 30.2 Å². The van der Waals surface area contributed by atoms with Crippen LogP contribution in [0.5, 0.6) is 5.75 Å². The van der Waals surface area contributed by atoms with Crippen LogP contribution in [0, 0.1) is 0 Å². The van der Waals surface area contributed by atoms with Crippen molar-refractivity contribution in [3.63, 3.8) is 0 Å². The summed E-state index contributed by atoms with van der Waals surface area (Å²) in [6.45, 7) is 5.39. The van der Waals surface area contributed by atoms with E-state index in [1.807, 2.05) is 6.20 Å². The van der Waals surface area contributed by atoms with Gasteiger partial charge in [0.25, 0.3) is 0 Å². The molecule has 1 aromatic rings. The average molecular weight is 264 g/mol. The first-order chi connectivity index (χ1) is 9.31. The molecule has 0 saturated heterocycles. The Morgan fingerprint density at radius 1 is 1.16 bits per heavy atom. The van der Waals surface area contributed by atoms with Crippen LogP contribution >= 0.6 is 0 Å². The molecule has 1 heterocycles. The maximum atomic E-state index is 5.25. The van der Waals surface area contributed by atoms with E-state index < -0.39 is 0 Å². The average Bonchev–Trinajstić information content (AvgIpc) is 2.46. The lowest BCUT2D eigenvalue weighted by Gasteiger charge is -2.18. The number of methoxy groups -OCH3 is 1. The molecular weight excluding hydrogens is 236 g/mol. The molecule has 108 valence electrons. The lowest BCUT2D eigenvalue weighted by atomic mass is 10.0. The van der Waals surface area contributed by atoms with Crippen LogP contribution in [-0.4, -0.2) is 18.6 Å². The fourth-order valence-electron chi connectivity index (χ4n) is 2.32. The number of pyridine rings is 1. The van der Waals surface area contributed by atoms with Gasteiger partial charge in [-0.1, -0.05) is 46.0 Å². The van der Waals surface area contributed by atoms with Crippen LogP contribution in [0.1, 0.15) is 64.0 Å². The van der Waals surface area contributed by atoms with E-state index in [1.165, 1.54) is 44.1 Å². The molecule has 0 aliphatic rings. The summed E-state index contributed by atoms with van der Waals surface area (Å²) in [6.07, 6.45) is 11.5. The molecule has 1 N–H and O–H groups in total. The van der Waals surface area contributed by atoms with Gasteiger partial charge in [0.1, 0.15) is 5.75 Å². The number of nitrogens with one attached hydrogen (secondary N) is 1. The zero-order valence-electron chi connectivity index (χ0n) is 12.6. The molecule has 0 radical (unpaired) electrons. The summed E-state index contributed by atoms with van der Waals surface area (Å²) in [5.74, 6) is 0.839. The predicted octanol–water partition coefficient (Wildman–Crippen LogP) is 4.10. The second-order valence-electron chi connectivity index (χ2n) is 4.97. The Hall–Kier alpha value is -1.09. The number of hydrogen-bond acceptors (Lipinski definition) is 3. The minimum atomic E-state index is 0.397. The maximum Gasteiger partial charge on any atom is 0.137 e. The quantitative estimate of drug-likeness (QED) is 0.646. The monoisotopic (exact) mass is 264 g/mol. The molecule has 19 heavy (non-hydrogen) atoms. The van der Waals surface area contributed by atoms with Gasteiger partial charge in [-0.05, 0) is 24.6 Å². The van der Waals surface area contributed by atoms with Gasteiger partial charge in [0.05, 0.1) is 13.3 Å². The highest BCUT2D eigenvalue weighted by atomic mass is 16.5. The van der Waals surface area contributed by atoms with Crippen molar-refractivity contribution in [1.29, 1.82) is 0 Å². The van der Waals surface area contributed by atoms with Gasteiger partial charge in [0.2, 0.25) is 0 Å². The second kappa shape index (κ2) is 9.79. The number of ether oxygens (including phenoxy) is 1. The summed E-state index contributed by atoms with van der Waals surface area (Å²) >= 11 is 0. The van der Waals surface area contributed by atoms with Crippen molar-refractivity contribution in [2.24, 2.45) is 0 Å². The van der Waals surface area contributed by atoms with Crippen molar-refractivity contribution in [2.75, 3.05) is 13.7 Å². The second-order valence-corrected chi connectivity index (χ2v) is 4.97. The van der Waals surface area contributed by atoms with Crippen LogP contribution in [0.3, 0.4) is 0 Å². The fourth-order valence-corrected chi connectivity index (χ4v) is 2.32. The lowest BCUT2D eigenvalue weighted by molar-refractivity contribution is 0.409. The standard InChI is InChI=1S/C16H28N2O/c1-4-6-7-8-9-10-16(18-5-2)14-11-15(19-3)13-17-12-14/h11-13,16,18H,4-10H2,1-3H3. The third kappa shape index (κ3) is 6.06. The Bertz CT molecular complexity index is 341. The molecular formula is C16H28N2O. The molecule has 3 nitrogen and oxygen atoms in total. The van der Waals surface area contributed by atoms with Gasteiger partial charge in [-0.2, -0.15) is 0 Å². The summed E-state index contributed by atoms with van der Waals surface area (Å²) in [7, 11) is 1.69. The smallest absolute Gasteiger partial charge is 0.137 e. The van der Waals surface area contributed by atoms with Gasteiger partial charge in [-0.15, -0.1) is 0 Å². The summed E-state index contributed by atoms with van der Waals surface area (Å²) in [5.41, 5.74) is 1.23. The first-order valence-corrected chi connectivity index (χ1v) is 7.54. The molecule has 0 aliphatic carbocycles. The molecule has 0 aromatic carbocycles. The highest BCUT2D eigenvalue weighted by Gasteiger charge is 2.11. The normalized spacial score (nSPS) is 12.4. The summed E-state index contributed by atoms with van der Waals surface area (Å²) in [5, 5.41) is 3.55. The summed E-state index contributed by atoms with van der Waals surface area (Å²) in [4.78, 5) is 4.25. The SMILES string of the molecule is CCCCCCCC(NCC)c1cncc(OC)c1. The van der Waals surface area contributed by atoms with E-state index in [0.717, 1.165) is 12.3 Å². The van der Waals surface area contributed by atoms with Crippen LogP contribution < -0.4 is 10.1 Å². The van der Waals surface area contributed by atoms with Gasteiger partial charge in [-0.3, -0.25) is 4.98 Å². The number of nitrogens with zero attached hydrogens (tertiary/aromatic N) is 1. The molecule has 0 spiro atoms. The van der Waals surface area contributed by atoms with E-state index in [9.17, 15) is 0 Å². The largest absolute Gasteiger partial charge is 0.495 e. The van der Waals surface area contributed by atoms with Crippen LogP contribution in [0.25, 0.3) is 0 Å². The third-order valence-corrected chi connectivity index (χ3v) is 3.42. The number of aromatic nitrogens is 1. The van der Waals surface area contributed by atoms with Gasteiger partial charge >= 0.3 is 0 Å². The van der Waals surface area contributed by atoms with Crippen molar-refractivity contribution in [3.05, 3.63) is 24.0 Å². The molecule has 0 bridgehead atoms. The van der Waals surface area contributed by atoms with Crippen LogP contribution in [0.15, 0.2) is 18.5 Å². The Morgan fingerprint density at radius 2 is 1.95 bits per heavy atom. The number of hydrogen-bond donors (Lipinski definition) is 1. The zero-order valence-corrected chi connectivity index (χ0v) is 12.6. The Kier molecular flexibility index (Phi) is 8.23. The van der Waals surface area contributed by atoms with E-state index in [1.54, 1.807) is 13.3 Å². The Labute approximate surface area is 117 Å². The highest BCUT2D eigenvalue weighted by Crippen LogP contribution is 2.22. The molecule has 0 fully saturated rings. The molecule has 1 rings (SSSR count). The summed E-state index contributed by atoms with van der Waals surface area (Å²) in [6, 6.07) is 2.49. The Morgan fingerprint density at radius 3 is 2.63 bits per heavy atom. The zero-order chi connectivity index (χ0) is 13.9. The minimum absolute atomic E-state index is 0.397. The number of unbranched alkanes of at least 4 members (excludes halogenated alkanes) is 4. The third-order valence-electron chi connectivity index (χ3n) is 3.42. The molecule has 0 saturated carbocycles. The van der Waals surface area contributed by atoms with Crippen molar-refractivity contribution >= 4 is 0 Å². The van der Waals surface area contributed by atoms with E-state index in [0.29, 0.717) is 6.04 Å². The van der Waals surface area contributed by atoms with Crippen LogP contribution in [0.2, 0.25) is 0 Å². The van der Waals surface area contributed by atoms with Crippen LogP contribution in [-0.2, 0) is 0 Å². The van der Waals surface area contributed by atoms with Gasteiger partial charge < -0.3 is 10.1 Å². The first kappa shape index (κ1) is 16.0. The topological polar surface area (TPSA) is 34.2 Å². The van der Waals surface area contributed by atoms with Crippen LogP contribution in [0.4, 0.5) is 0 Å². The predicted molar refractivity (Wildman–Crippen MR) is 80.6 cm³/mol. The van der Waals surface area contributed by atoms with Crippen molar-refractivity contribution < 1.29 is 4.74 Å². The van der Waals surface area contributed by atoms with E-state index in [4.69, 9.17) is 4.74 Å².